The van der Waals surface area contributed by atoms with Gasteiger partial charge in [-0.05, 0) is 31.6 Å². The van der Waals surface area contributed by atoms with Crippen molar-refractivity contribution in [2.45, 2.75) is 59.3 Å². The minimum atomic E-state index is -0.453. The number of carbonyl (C=O) groups excluding carboxylic acids is 4. The zero-order chi connectivity index (χ0) is 22.6. The van der Waals surface area contributed by atoms with Gasteiger partial charge in [-0.15, -0.1) is 0 Å². The Morgan fingerprint density at radius 3 is 1.73 bits per heavy atom. The predicted octanol–water partition coefficient (Wildman–Crippen LogP) is 1.69. The van der Waals surface area contributed by atoms with Crippen LogP contribution in [0.15, 0.2) is 0 Å². The summed E-state index contributed by atoms with van der Waals surface area (Å²) in [6.07, 6.45) is 5.00. The fourth-order valence-electron chi connectivity index (χ4n) is 2.21. The van der Waals surface area contributed by atoms with Gasteiger partial charge < -0.3 is 30.7 Å². The molecule has 0 rings (SSSR count). The molecule has 0 aliphatic heterocycles. The second-order valence-corrected chi connectivity index (χ2v) is 7.07. The Labute approximate surface area is 179 Å². The molecule has 1 atom stereocenters. The van der Waals surface area contributed by atoms with Gasteiger partial charge >= 0.3 is 24.0 Å². The summed E-state index contributed by atoms with van der Waals surface area (Å²) in [6.45, 7) is 7.30. The van der Waals surface area contributed by atoms with Gasteiger partial charge in [0.25, 0.3) is 0 Å². The van der Waals surface area contributed by atoms with E-state index in [-0.39, 0.29) is 19.0 Å². The predicted molar refractivity (Wildman–Crippen MR) is 113 cm³/mol. The molecule has 10 heteroatoms. The molecule has 10 nitrogen and oxygen atoms in total. The summed E-state index contributed by atoms with van der Waals surface area (Å²) in [5.41, 5.74) is 0. The number of amides is 4. The number of esters is 2. The lowest BCUT2D eigenvalue weighted by molar-refractivity contribution is -0.143. The van der Waals surface area contributed by atoms with E-state index in [2.05, 4.69) is 21.3 Å². The molecule has 0 aliphatic carbocycles. The molecule has 0 heterocycles. The van der Waals surface area contributed by atoms with Gasteiger partial charge in [0.2, 0.25) is 0 Å². The summed E-state index contributed by atoms with van der Waals surface area (Å²) in [6, 6.07) is -0.837. The van der Waals surface area contributed by atoms with Crippen molar-refractivity contribution in [3.05, 3.63) is 0 Å². The number of rotatable bonds is 16. The van der Waals surface area contributed by atoms with E-state index < -0.39 is 24.0 Å². The quantitative estimate of drug-likeness (QED) is 0.217. The largest absolute Gasteiger partial charge is 0.464 e. The maximum absolute atomic E-state index is 11.7. The Morgan fingerprint density at radius 1 is 0.733 bits per heavy atom. The van der Waals surface area contributed by atoms with Crippen LogP contribution in [0.25, 0.3) is 0 Å². The second kappa shape index (κ2) is 18.5. The molecule has 0 fully saturated rings. The van der Waals surface area contributed by atoms with Gasteiger partial charge in [-0.3, -0.25) is 9.59 Å². The third-order valence-electron chi connectivity index (χ3n) is 4.08. The summed E-state index contributed by atoms with van der Waals surface area (Å²) in [4.78, 5) is 46.1. The summed E-state index contributed by atoms with van der Waals surface area (Å²) in [5.74, 6) is -0.707. The van der Waals surface area contributed by atoms with Crippen molar-refractivity contribution in [2.24, 2.45) is 5.92 Å². The number of carbonyl (C=O) groups is 4. The zero-order valence-corrected chi connectivity index (χ0v) is 18.5. The average Bonchev–Trinajstić information content (AvgIpc) is 2.72. The minimum Gasteiger partial charge on any atom is -0.464 e. The van der Waals surface area contributed by atoms with Gasteiger partial charge in [-0.1, -0.05) is 33.6 Å². The zero-order valence-electron chi connectivity index (χ0n) is 18.5. The Hall–Kier alpha value is -2.52. The number of hydrogen-bond donors (Lipinski definition) is 4. The standard InChI is InChI=1S/C20H38N4O6/c1-4-6-11-29-17(25)14-23-19(27)21-10-8-9-16(3)13-22-20(28)24-15-18(26)30-12-7-5-2/h16H,4-15H2,1-3H3,(H2,21,23,27)(H2,22,24,28). The highest BCUT2D eigenvalue weighted by Gasteiger charge is 2.09. The molecule has 0 bridgehead atoms. The van der Waals surface area contributed by atoms with Gasteiger partial charge in [0.1, 0.15) is 13.1 Å². The molecular weight excluding hydrogens is 392 g/mol. The molecule has 4 N–H and O–H groups in total. The molecule has 0 aliphatic rings. The third-order valence-corrected chi connectivity index (χ3v) is 4.08. The highest BCUT2D eigenvalue weighted by molar-refractivity contribution is 5.81. The van der Waals surface area contributed by atoms with Crippen LogP contribution < -0.4 is 21.3 Å². The lowest BCUT2D eigenvalue weighted by atomic mass is 10.1. The summed E-state index contributed by atoms with van der Waals surface area (Å²) < 4.78 is 9.89. The van der Waals surface area contributed by atoms with Crippen LogP contribution in [0.2, 0.25) is 0 Å². The Kier molecular flexibility index (Phi) is 17.0. The van der Waals surface area contributed by atoms with Crippen LogP contribution in [0.1, 0.15) is 59.3 Å². The van der Waals surface area contributed by atoms with E-state index in [1.54, 1.807) is 0 Å². The van der Waals surface area contributed by atoms with Crippen LogP contribution in [0.4, 0.5) is 9.59 Å². The van der Waals surface area contributed by atoms with Gasteiger partial charge in [0.05, 0.1) is 13.2 Å². The summed E-state index contributed by atoms with van der Waals surface area (Å²) in [5, 5.41) is 10.3. The number of hydrogen-bond acceptors (Lipinski definition) is 6. The van der Waals surface area contributed by atoms with Crippen LogP contribution in [0, 0.1) is 5.92 Å². The molecule has 0 saturated heterocycles. The lowest BCUT2D eigenvalue weighted by Gasteiger charge is -2.13. The normalized spacial score (nSPS) is 11.2. The maximum Gasteiger partial charge on any atom is 0.325 e. The SMILES string of the molecule is CCCCOC(=O)CNC(=O)NCCCC(C)CNC(=O)NCC(=O)OCCCC. The minimum absolute atomic E-state index is 0.156. The highest BCUT2D eigenvalue weighted by atomic mass is 16.5. The van der Waals surface area contributed by atoms with Crippen molar-refractivity contribution in [3.63, 3.8) is 0 Å². The maximum atomic E-state index is 11.7. The molecule has 174 valence electrons. The lowest BCUT2D eigenvalue weighted by Crippen LogP contribution is -2.41. The topological polar surface area (TPSA) is 135 Å². The van der Waals surface area contributed by atoms with Crippen LogP contribution in [-0.4, -0.2) is 63.4 Å². The van der Waals surface area contributed by atoms with Crippen LogP contribution >= 0.6 is 0 Å². The third kappa shape index (κ3) is 17.6. The fourth-order valence-corrected chi connectivity index (χ4v) is 2.21. The van der Waals surface area contributed by atoms with Gasteiger partial charge in [-0.25, -0.2) is 9.59 Å². The molecule has 30 heavy (non-hydrogen) atoms. The van der Waals surface area contributed by atoms with E-state index in [9.17, 15) is 19.2 Å². The second-order valence-electron chi connectivity index (χ2n) is 7.07. The molecule has 1 unspecified atom stereocenters. The summed E-state index contributed by atoms with van der Waals surface area (Å²) >= 11 is 0. The van der Waals surface area contributed by atoms with Gasteiger partial charge in [-0.2, -0.15) is 0 Å². The molecule has 0 aromatic heterocycles. The summed E-state index contributed by atoms with van der Waals surface area (Å²) in [7, 11) is 0. The number of nitrogens with one attached hydrogen (secondary N) is 4. The Bertz CT molecular complexity index is 516. The first-order valence-electron chi connectivity index (χ1n) is 10.7. The number of urea groups is 2. The molecule has 0 aromatic carbocycles. The highest BCUT2D eigenvalue weighted by Crippen LogP contribution is 2.03. The average molecular weight is 431 g/mol. The monoisotopic (exact) mass is 430 g/mol. The molecule has 0 aromatic rings. The number of ether oxygens (including phenoxy) is 2. The van der Waals surface area contributed by atoms with Gasteiger partial charge in [0.15, 0.2) is 0 Å². The van der Waals surface area contributed by atoms with Crippen molar-refractivity contribution < 1.29 is 28.7 Å². The Balaban J connectivity index is 3.66. The van der Waals surface area contributed by atoms with Crippen molar-refractivity contribution in [1.29, 1.82) is 0 Å². The number of unbranched alkanes of at least 4 members (excludes halogenated alkanes) is 2. The van der Waals surface area contributed by atoms with Crippen molar-refractivity contribution >= 4 is 24.0 Å². The van der Waals surface area contributed by atoms with Crippen LogP contribution in [0.3, 0.4) is 0 Å². The molecule has 0 spiro atoms. The van der Waals surface area contributed by atoms with Crippen molar-refractivity contribution in [3.8, 4) is 0 Å². The van der Waals surface area contributed by atoms with Gasteiger partial charge in [0, 0.05) is 13.1 Å². The molecule has 0 saturated carbocycles. The molecule has 4 amide bonds. The van der Waals surface area contributed by atoms with E-state index >= 15 is 0 Å². The van der Waals surface area contributed by atoms with E-state index in [0.717, 1.165) is 38.5 Å². The van der Waals surface area contributed by atoms with Crippen molar-refractivity contribution in [1.82, 2.24) is 21.3 Å². The van der Waals surface area contributed by atoms with Crippen LogP contribution in [-0.2, 0) is 19.1 Å². The Morgan fingerprint density at radius 2 is 1.23 bits per heavy atom. The van der Waals surface area contributed by atoms with Crippen LogP contribution in [0.5, 0.6) is 0 Å². The molecular formula is C20H38N4O6. The fraction of sp³-hybridized carbons (Fsp3) is 0.800. The first kappa shape index (κ1) is 27.5. The van der Waals surface area contributed by atoms with E-state index in [1.807, 2.05) is 20.8 Å². The molecule has 0 radical (unpaired) electrons. The first-order chi connectivity index (χ1) is 14.4. The first-order valence-corrected chi connectivity index (χ1v) is 10.7. The van der Waals surface area contributed by atoms with Crippen molar-refractivity contribution in [2.75, 3.05) is 39.4 Å². The smallest absolute Gasteiger partial charge is 0.325 e. The van der Waals surface area contributed by atoms with E-state index in [0.29, 0.717) is 26.3 Å². The van der Waals surface area contributed by atoms with E-state index in [4.69, 9.17) is 9.47 Å². The van der Waals surface area contributed by atoms with E-state index in [1.165, 1.54) is 0 Å².